The lowest BCUT2D eigenvalue weighted by Crippen LogP contribution is -2.40. The lowest BCUT2D eigenvalue weighted by atomic mass is 9.91. The van der Waals surface area contributed by atoms with E-state index in [1.54, 1.807) is 0 Å². The van der Waals surface area contributed by atoms with Crippen LogP contribution in [0.2, 0.25) is 0 Å². The lowest BCUT2D eigenvalue weighted by molar-refractivity contribution is 0.355. The number of piperidine rings is 1. The quantitative estimate of drug-likeness (QED) is 0.634. The zero-order valence-electron chi connectivity index (χ0n) is 12.3. The zero-order valence-corrected chi connectivity index (χ0v) is 12.3. The lowest BCUT2D eigenvalue weighted by Gasteiger charge is -2.37. The van der Waals surface area contributed by atoms with Crippen LogP contribution in [-0.4, -0.2) is 23.9 Å². The number of rotatable bonds is 2. The molecule has 0 bridgehead atoms. The highest BCUT2D eigenvalue weighted by Gasteiger charge is 2.26. The minimum atomic E-state index is 0.117. The third-order valence-corrected chi connectivity index (χ3v) is 3.76. The van der Waals surface area contributed by atoms with E-state index in [-0.39, 0.29) is 5.84 Å². The Labute approximate surface area is 115 Å². The number of aromatic nitrogens is 1. The highest BCUT2D eigenvalue weighted by molar-refractivity contribution is 6.01. The fourth-order valence-electron chi connectivity index (χ4n) is 3.21. The van der Waals surface area contributed by atoms with Gasteiger partial charge in [0.2, 0.25) is 0 Å². The smallest absolute Gasteiger partial charge is 0.140 e. The van der Waals surface area contributed by atoms with Gasteiger partial charge in [-0.1, -0.05) is 13.8 Å². The Morgan fingerprint density at radius 3 is 2.42 bits per heavy atom. The Kier molecular flexibility index (Phi) is 3.78. The van der Waals surface area contributed by atoms with Crippen LogP contribution in [0.5, 0.6) is 0 Å². The maximum atomic E-state index is 7.82. The minimum absolute atomic E-state index is 0.117. The van der Waals surface area contributed by atoms with E-state index in [2.05, 4.69) is 23.7 Å². The third-order valence-electron chi connectivity index (χ3n) is 3.76. The van der Waals surface area contributed by atoms with Gasteiger partial charge < -0.3 is 10.6 Å². The summed E-state index contributed by atoms with van der Waals surface area (Å²) in [5.41, 5.74) is 8.59. The first-order valence-electron chi connectivity index (χ1n) is 6.96. The van der Waals surface area contributed by atoms with Crippen LogP contribution in [0.1, 0.15) is 37.1 Å². The molecule has 1 aromatic rings. The average Bonchev–Trinajstić information content (AvgIpc) is 2.25. The molecule has 2 atom stereocenters. The van der Waals surface area contributed by atoms with Gasteiger partial charge in [-0.3, -0.25) is 5.41 Å². The van der Waals surface area contributed by atoms with E-state index in [0.717, 1.165) is 35.7 Å². The van der Waals surface area contributed by atoms with Crippen molar-refractivity contribution in [2.75, 3.05) is 18.0 Å². The number of pyridine rings is 1. The molecule has 3 N–H and O–H groups in total. The summed E-state index contributed by atoms with van der Waals surface area (Å²) in [4.78, 5) is 6.95. The molecule has 1 fully saturated rings. The summed E-state index contributed by atoms with van der Waals surface area (Å²) >= 11 is 0. The zero-order chi connectivity index (χ0) is 14.2. The Bertz CT molecular complexity index is 485. The van der Waals surface area contributed by atoms with Crippen molar-refractivity contribution in [2.24, 2.45) is 17.6 Å². The molecule has 2 rings (SSSR count). The van der Waals surface area contributed by atoms with Gasteiger partial charge in [0.1, 0.15) is 11.7 Å². The molecule has 104 valence electrons. The van der Waals surface area contributed by atoms with Gasteiger partial charge >= 0.3 is 0 Å². The molecule has 4 nitrogen and oxygen atoms in total. The summed E-state index contributed by atoms with van der Waals surface area (Å²) in [5.74, 6) is 2.33. The molecular weight excluding hydrogens is 236 g/mol. The molecule has 0 aromatic carbocycles. The van der Waals surface area contributed by atoms with E-state index in [9.17, 15) is 0 Å². The topological polar surface area (TPSA) is 66.0 Å². The first-order valence-corrected chi connectivity index (χ1v) is 6.96. The van der Waals surface area contributed by atoms with E-state index >= 15 is 0 Å². The predicted octanol–water partition coefficient (Wildman–Crippen LogP) is 2.46. The summed E-state index contributed by atoms with van der Waals surface area (Å²) in [6.45, 7) is 10.6. The Morgan fingerprint density at radius 1 is 1.32 bits per heavy atom. The monoisotopic (exact) mass is 260 g/mol. The van der Waals surface area contributed by atoms with Crippen LogP contribution in [0.15, 0.2) is 6.07 Å². The Morgan fingerprint density at radius 2 is 1.89 bits per heavy atom. The van der Waals surface area contributed by atoms with Crippen LogP contribution in [0, 0.1) is 31.1 Å². The van der Waals surface area contributed by atoms with Crippen molar-refractivity contribution < 1.29 is 0 Å². The van der Waals surface area contributed by atoms with Crippen LogP contribution in [0.3, 0.4) is 0 Å². The number of hydrogen-bond donors (Lipinski definition) is 2. The second kappa shape index (κ2) is 5.19. The SMILES string of the molecule is Cc1cc(C)c(C(=N)N)c(N2CC(C)CC(C)C2)n1. The van der Waals surface area contributed by atoms with E-state index in [1.165, 1.54) is 6.42 Å². The number of anilines is 1. The summed E-state index contributed by atoms with van der Waals surface area (Å²) in [7, 11) is 0. The van der Waals surface area contributed by atoms with Gasteiger partial charge in [-0.15, -0.1) is 0 Å². The third kappa shape index (κ3) is 2.88. The van der Waals surface area contributed by atoms with Crippen molar-refractivity contribution >= 4 is 11.7 Å². The molecule has 0 amide bonds. The number of nitrogens with one attached hydrogen (secondary N) is 1. The van der Waals surface area contributed by atoms with E-state index < -0.39 is 0 Å². The summed E-state index contributed by atoms with van der Waals surface area (Å²) < 4.78 is 0. The molecule has 1 aromatic heterocycles. The second-order valence-corrected chi connectivity index (χ2v) is 6.04. The van der Waals surface area contributed by atoms with Gasteiger partial charge in [0.05, 0.1) is 5.56 Å². The number of nitrogen functional groups attached to an aromatic ring is 1. The largest absolute Gasteiger partial charge is 0.384 e. The maximum Gasteiger partial charge on any atom is 0.140 e. The van der Waals surface area contributed by atoms with Crippen molar-refractivity contribution in [3.05, 3.63) is 22.9 Å². The fourth-order valence-corrected chi connectivity index (χ4v) is 3.21. The highest BCUT2D eigenvalue weighted by atomic mass is 15.2. The van der Waals surface area contributed by atoms with Gasteiger partial charge in [-0.2, -0.15) is 0 Å². The standard InChI is InChI=1S/C15H24N4/c1-9-5-10(2)8-19(7-9)15-13(14(16)17)11(3)6-12(4)18-15/h6,9-10H,5,7-8H2,1-4H3,(H3,16,17). The van der Waals surface area contributed by atoms with Crippen LogP contribution in [0.25, 0.3) is 0 Å². The molecular formula is C15H24N4. The van der Waals surface area contributed by atoms with Gasteiger partial charge in [0.25, 0.3) is 0 Å². The summed E-state index contributed by atoms with van der Waals surface area (Å²) in [5, 5.41) is 7.82. The van der Waals surface area contributed by atoms with Crippen LogP contribution < -0.4 is 10.6 Å². The van der Waals surface area contributed by atoms with E-state index in [1.807, 2.05) is 19.9 Å². The molecule has 2 unspecified atom stereocenters. The van der Waals surface area contributed by atoms with Gasteiger partial charge in [-0.05, 0) is 43.7 Å². The molecule has 2 heterocycles. The van der Waals surface area contributed by atoms with E-state index in [0.29, 0.717) is 11.8 Å². The molecule has 0 aliphatic carbocycles. The second-order valence-electron chi connectivity index (χ2n) is 6.04. The molecule has 19 heavy (non-hydrogen) atoms. The van der Waals surface area contributed by atoms with Crippen molar-refractivity contribution in [2.45, 2.75) is 34.1 Å². The maximum absolute atomic E-state index is 7.82. The summed E-state index contributed by atoms with van der Waals surface area (Å²) in [6, 6.07) is 2.00. The van der Waals surface area contributed by atoms with Crippen LogP contribution in [-0.2, 0) is 0 Å². The van der Waals surface area contributed by atoms with Crippen LogP contribution in [0.4, 0.5) is 5.82 Å². The van der Waals surface area contributed by atoms with Crippen molar-refractivity contribution in [1.29, 1.82) is 5.41 Å². The fraction of sp³-hybridized carbons (Fsp3) is 0.600. The number of amidine groups is 1. The normalized spacial score (nSPS) is 23.5. The minimum Gasteiger partial charge on any atom is -0.384 e. The molecule has 1 aliphatic heterocycles. The molecule has 0 saturated carbocycles. The van der Waals surface area contributed by atoms with Crippen molar-refractivity contribution in [3.63, 3.8) is 0 Å². The molecule has 0 spiro atoms. The molecule has 1 saturated heterocycles. The van der Waals surface area contributed by atoms with Crippen molar-refractivity contribution in [3.8, 4) is 0 Å². The predicted molar refractivity (Wildman–Crippen MR) is 79.9 cm³/mol. The van der Waals surface area contributed by atoms with Gasteiger partial charge in [0, 0.05) is 18.8 Å². The Balaban J connectivity index is 2.45. The highest BCUT2D eigenvalue weighted by Crippen LogP contribution is 2.29. The number of aryl methyl sites for hydroxylation is 2. The Hall–Kier alpha value is -1.58. The number of nitrogens with two attached hydrogens (primary N) is 1. The van der Waals surface area contributed by atoms with Gasteiger partial charge in [0.15, 0.2) is 0 Å². The van der Waals surface area contributed by atoms with Crippen molar-refractivity contribution in [1.82, 2.24) is 4.98 Å². The summed E-state index contributed by atoms with van der Waals surface area (Å²) in [6.07, 6.45) is 1.26. The molecule has 4 heteroatoms. The first kappa shape index (κ1) is 13.8. The first-order chi connectivity index (χ1) is 8.88. The number of nitrogens with zero attached hydrogens (tertiary/aromatic N) is 2. The number of hydrogen-bond acceptors (Lipinski definition) is 3. The van der Waals surface area contributed by atoms with Crippen LogP contribution >= 0.6 is 0 Å². The van der Waals surface area contributed by atoms with E-state index in [4.69, 9.17) is 11.1 Å². The molecule has 0 radical (unpaired) electrons. The van der Waals surface area contributed by atoms with Gasteiger partial charge in [-0.25, -0.2) is 4.98 Å². The average molecular weight is 260 g/mol. The molecule has 1 aliphatic rings.